The Labute approximate surface area is 169 Å². The van der Waals surface area contributed by atoms with Gasteiger partial charge in [0.15, 0.2) is 0 Å². The number of hydrogen-bond donors (Lipinski definition) is 3. The Morgan fingerprint density at radius 3 is 2.32 bits per heavy atom. The summed E-state index contributed by atoms with van der Waals surface area (Å²) < 4.78 is 0. The summed E-state index contributed by atoms with van der Waals surface area (Å²) in [6, 6.07) is -0.495. The van der Waals surface area contributed by atoms with E-state index in [9.17, 15) is 19.6 Å². The van der Waals surface area contributed by atoms with Crippen LogP contribution in [0.2, 0.25) is 0 Å². The van der Waals surface area contributed by atoms with Crippen LogP contribution in [0.15, 0.2) is 0 Å². The van der Waals surface area contributed by atoms with Gasteiger partial charge in [-0.2, -0.15) is 0 Å². The zero-order valence-electron chi connectivity index (χ0n) is 18.0. The summed E-state index contributed by atoms with van der Waals surface area (Å²) in [7, 11) is 0. The average molecular weight is 398 g/mol. The van der Waals surface area contributed by atoms with E-state index >= 15 is 0 Å². The number of unbranched alkanes of at least 4 members (excludes halogenated alkanes) is 2. The monoisotopic (exact) mass is 397 g/mol. The van der Waals surface area contributed by atoms with Crippen LogP contribution in [0.5, 0.6) is 0 Å². The third kappa shape index (κ3) is 8.59. The molecule has 3 N–H and O–H groups in total. The molecule has 0 aromatic rings. The van der Waals surface area contributed by atoms with Crippen LogP contribution in [0, 0.1) is 11.3 Å². The highest BCUT2D eigenvalue weighted by atomic mass is 16.5. The molecule has 0 aliphatic heterocycles. The summed E-state index contributed by atoms with van der Waals surface area (Å²) in [5.74, 6) is -0.999. The highest BCUT2D eigenvalue weighted by Crippen LogP contribution is 2.23. The molecule has 1 aliphatic rings. The lowest BCUT2D eigenvalue weighted by molar-refractivity contribution is -0.155. The lowest BCUT2D eigenvalue weighted by Gasteiger charge is -2.34. The van der Waals surface area contributed by atoms with Crippen molar-refractivity contribution >= 4 is 18.2 Å². The maximum Gasteiger partial charge on any atom is 0.243 e. The molecule has 7 nitrogen and oxygen atoms in total. The van der Waals surface area contributed by atoms with E-state index in [1.165, 1.54) is 6.42 Å². The molecule has 0 unspecified atom stereocenters. The van der Waals surface area contributed by atoms with E-state index in [4.69, 9.17) is 0 Å². The molecular formula is C21H39N3O4. The Bertz CT molecular complexity index is 498. The maximum atomic E-state index is 12.9. The van der Waals surface area contributed by atoms with Gasteiger partial charge in [-0.25, -0.2) is 5.06 Å². The first-order valence-electron chi connectivity index (χ1n) is 10.7. The van der Waals surface area contributed by atoms with Gasteiger partial charge in [-0.1, -0.05) is 66.2 Å². The van der Waals surface area contributed by atoms with E-state index in [1.54, 1.807) is 0 Å². The summed E-state index contributed by atoms with van der Waals surface area (Å²) in [6.07, 6.45) is 9.09. The first kappa shape index (κ1) is 24.4. The van der Waals surface area contributed by atoms with Gasteiger partial charge in [0.25, 0.3) is 0 Å². The maximum absolute atomic E-state index is 12.9. The first-order valence-corrected chi connectivity index (χ1v) is 10.7. The van der Waals surface area contributed by atoms with Crippen molar-refractivity contribution in [1.29, 1.82) is 0 Å². The van der Waals surface area contributed by atoms with Gasteiger partial charge in [0.05, 0.1) is 12.5 Å². The molecule has 1 rings (SSSR count). The summed E-state index contributed by atoms with van der Waals surface area (Å²) in [5, 5.41) is 16.1. The zero-order chi connectivity index (χ0) is 21.2. The van der Waals surface area contributed by atoms with Gasteiger partial charge in [0.1, 0.15) is 6.04 Å². The number of nitrogens with one attached hydrogen (secondary N) is 2. The van der Waals surface area contributed by atoms with Crippen molar-refractivity contribution in [2.45, 2.75) is 97.6 Å². The van der Waals surface area contributed by atoms with Crippen LogP contribution in [0.3, 0.4) is 0 Å². The molecule has 2 atom stereocenters. The third-order valence-corrected chi connectivity index (χ3v) is 5.42. The third-order valence-electron chi connectivity index (χ3n) is 5.42. The normalized spacial score (nSPS) is 17.5. The lowest BCUT2D eigenvalue weighted by atomic mass is 9.84. The van der Waals surface area contributed by atoms with Crippen LogP contribution in [-0.2, 0) is 14.4 Å². The molecule has 7 heteroatoms. The van der Waals surface area contributed by atoms with Crippen LogP contribution in [0.4, 0.5) is 0 Å². The number of carbonyl (C=O) groups is 3. The van der Waals surface area contributed by atoms with E-state index in [2.05, 4.69) is 17.6 Å². The average Bonchev–Trinajstić information content (AvgIpc) is 2.64. The Balaban J connectivity index is 2.80. The minimum atomic E-state index is -0.668. The van der Waals surface area contributed by atoms with Gasteiger partial charge in [0.2, 0.25) is 18.2 Å². The Morgan fingerprint density at radius 2 is 1.79 bits per heavy atom. The number of nitrogens with zero attached hydrogens (tertiary/aromatic N) is 1. The summed E-state index contributed by atoms with van der Waals surface area (Å²) >= 11 is 0. The molecule has 0 radical (unpaired) electrons. The molecule has 0 bridgehead atoms. The summed E-state index contributed by atoms with van der Waals surface area (Å²) in [5.41, 5.74) is -0.452. The van der Waals surface area contributed by atoms with Crippen molar-refractivity contribution in [3.8, 4) is 0 Å². The number of hydroxylamine groups is 2. The second-order valence-electron chi connectivity index (χ2n) is 9.07. The predicted octanol–water partition coefficient (Wildman–Crippen LogP) is 3.01. The van der Waals surface area contributed by atoms with Gasteiger partial charge in [-0.15, -0.1) is 0 Å². The minimum absolute atomic E-state index is 0.0693. The Morgan fingerprint density at radius 1 is 1.14 bits per heavy atom. The summed E-state index contributed by atoms with van der Waals surface area (Å²) in [4.78, 5) is 36.6. The number of rotatable bonds is 11. The van der Waals surface area contributed by atoms with Gasteiger partial charge in [-0.3, -0.25) is 19.6 Å². The molecule has 162 valence electrons. The molecule has 0 saturated heterocycles. The predicted molar refractivity (Wildman–Crippen MR) is 109 cm³/mol. The molecule has 3 amide bonds. The quantitative estimate of drug-likeness (QED) is 0.216. The van der Waals surface area contributed by atoms with Crippen molar-refractivity contribution < 1.29 is 19.6 Å². The fourth-order valence-corrected chi connectivity index (χ4v) is 3.68. The van der Waals surface area contributed by atoms with E-state index in [-0.39, 0.29) is 24.4 Å². The van der Waals surface area contributed by atoms with Gasteiger partial charge in [0, 0.05) is 6.04 Å². The second-order valence-corrected chi connectivity index (χ2v) is 9.07. The fourth-order valence-electron chi connectivity index (χ4n) is 3.68. The second kappa shape index (κ2) is 12.0. The lowest BCUT2D eigenvalue weighted by Crippen LogP contribution is -2.57. The van der Waals surface area contributed by atoms with Gasteiger partial charge >= 0.3 is 0 Å². The smallest absolute Gasteiger partial charge is 0.243 e. The van der Waals surface area contributed by atoms with Crippen LogP contribution in [-0.4, -0.2) is 47.1 Å². The highest BCUT2D eigenvalue weighted by molar-refractivity contribution is 5.89. The Kier molecular flexibility index (Phi) is 10.5. The SMILES string of the molecule is CCCCC[C@H](CN(O)C=O)C(=O)N[C@H](C(=O)NC1CCCCC1)C(C)(C)C. The van der Waals surface area contributed by atoms with Gasteiger partial charge < -0.3 is 10.6 Å². The number of carbonyl (C=O) groups excluding carboxylic acids is 3. The zero-order valence-corrected chi connectivity index (χ0v) is 18.0. The van der Waals surface area contributed by atoms with E-state index in [0.29, 0.717) is 17.9 Å². The molecule has 0 aromatic carbocycles. The number of hydrogen-bond acceptors (Lipinski definition) is 4. The van der Waals surface area contributed by atoms with Crippen molar-refractivity contribution in [1.82, 2.24) is 15.7 Å². The fraction of sp³-hybridized carbons (Fsp3) is 0.857. The largest absolute Gasteiger partial charge is 0.352 e. The van der Waals surface area contributed by atoms with Crippen molar-refractivity contribution in [3.63, 3.8) is 0 Å². The molecule has 0 spiro atoms. The minimum Gasteiger partial charge on any atom is -0.352 e. The van der Waals surface area contributed by atoms with Crippen molar-refractivity contribution in [2.75, 3.05) is 6.54 Å². The van der Waals surface area contributed by atoms with Crippen molar-refractivity contribution in [2.24, 2.45) is 11.3 Å². The molecule has 0 aromatic heterocycles. The highest BCUT2D eigenvalue weighted by Gasteiger charge is 2.35. The van der Waals surface area contributed by atoms with Crippen molar-refractivity contribution in [3.05, 3.63) is 0 Å². The first-order chi connectivity index (χ1) is 13.2. The van der Waals surface area contributed by atoms with Crippen LogP contribution >= 0.6 is 0 Å². The Hall–Kier alpha value is -1.63. The molecule has 1 aliphatic carbocycles. The van der Waals surface area contributed by atoms with Crippen LogP contribution in [0.25, 0.3) is 0 Å². The molecule has 1 saturated carbocycles. The van der Waals surface area contributed by atoms with Crippen LogP contribution < -0.4 is 10.6 Å². The van der Waals surface area contributed by atoms with E-state index in [1.807, 2.05) is 20.8 Å². The molecule has 0 heterocycles. The molecule has 28 heavy (non-hydrogen) atoms. The topological polar surface area (TPSA) is 98.7 Å². The van der Waals surface area contributed by atoms with Crippen LogP contribution in [0.1, 0.15) is 85.5 Å². The molecule has 1 fully saturated rings. The summed E-state index contributed by atoms with van der Waals surface area (Å²) in [6.45, 7) is 7.78. The van der Waals surface area contributed by atoms with E-state index < -0.39 is 17.4 Å². The van der Waals surface area contributed by atoms with E-state index in [0.717, 1.165) is 44.9 Å². The standard InChI is InChI=1S/C21H39N3O4/c1-5-6-8-11-16(14-24(28)15-25)19(26)23-18(21(2,3)4)20(27)22-17-12-9-7-10-13-17/h15-18,28H,5-14H2,1-4H3,(H,22,27)(H,23,26)/t16-,18-/m1/s1. The van der Waals surface area contributed by atoms with Gasteiger partial charge in [-0.05, 0) is 24.7 Å². The molecular weight excluding hydrogens is 358 g/mol. The number of amides is 3.